The number of amides is 2. The Morgan fingerprint density at radius 1 is 0.935 bits per heavy atom. The van der Waals surface area contributed by atoms with Crippen molar-refractivity contribution in [2.24, 2.45) is 0 Å². The lowest BCUT2D eigenvalue weighted by Crippen LogP contribution is -2.16. The summed E-state index contributed by atoms with van der Waals surface area (Å²) in [5, 5.41) is 5.27. The first-order valence-corrected chi connectivity index (χ1v) is 9.66. The molecule has 5 nitrogen and oxygen atoms in total. The average molecular weight is 445 g/mol. The van der Waals surface area contributed by atoms with Crippen molar-refractivity contribution < 1.29 is 23.1 Å². The lowest BCUT2D eigenvalue weighted by Gasteiger charge is -2.13. The summed E-state index contributed by atoms with van der Waals surface area (Å²) < 4.78 is 32.2. The Kier molecular flexibility index (Phi) is 6.87. The maximum atomic E-state index is 13.5. The van der Waals surface area contributed by atoms with Crippen LogP contribution in [0.15, 0.2) is 72.8 Å². The summed E-state index contributed by atoms with van der Waals surface area (Å²) in [5.41, 5.74) is 1.20. The van der Waals surface area contributed by atoms with Gasteiger partial charge in [-0.1, -0.05) is 54.1 Å². The second-order valence-electron chi connectivity index (χ2n) is 6.84. The third kappa shape index (κ3) is 6.52. The first-order valence-electron chi connectivity index (χ1n) is 9.29. The highest BCUT2D eigenvalue weighted by Crippen LogP contribution is 2.29. The van der Waals surface area contributed by atoms with E-state index >= 15 is 0 Å². The molecule has 160 valence electrons. The van der Waals surface area contributed by atoms with Crippen LogP contribution in [0.4, 0.5) is 25.0 Å². The molecule has 0 saturated heterocycles. The Balaban J connectivity index is 1.67. The molecule has 2 N–H and O–H groups in total. The number of anilines is 2. The minimum Gasteiger partial charge on any atom is -0.444 e. The van der Waals surface area contributed by atoms with Gasteiger partial charge >= 0.3 is 6.09 Å². The van der Waals surface area contributed by atoms with Gasteiger partial charge in [0, 0.05) is 34.4 Å². The van der Waals surface area contributed by atoms with Crippen molar-refractivity contribution in [3.63, 3.8) is 0 Å². The summed E-state index contributed by atoms with van der Waals surface area (Å²) >= 11 is 6.07. The molecule has 3 aromatic rings. The highest BCUT2D eigenvalue weighted by molar-refractivity contribution is 6.31. The summed E-state index contributed by atoms with van der Waals surface area (Å²) in [6.07, 6.45) is -0.713. The molecule has 8 heteroatoms. The standard InChI is InChI=1S/C23H19ClF2N2O3/c1-23(25,26)17-8-5-9-19(12-17)27-21(29)16-10-18(24)13-20(11-16)28-22(30)31-14-15-6-3-2-4-7-15/h2-13H,14H2,1H3,(H,27,29)(H,28,30). The fourth-order valence-corrected chi connectivity index (χ4v) is 2.98. The third-order valence-corrected chi connectivity index (χ3v) is 4.46. The van der Waals surface area contributed by atoms with Crippen LogP contribution in [-0.2, 0) is 17.3 Å². The SMILES string of the molecule is CC(F)(F)c1cccc(NC(=O)c2cc(Cl)cc(NC(=O)OCc3ccccc3)c2)c1. The largest absolute Gasteiger partial charge is 0.444 e. The van der Waals surface area contributed by atoms with Crippen molar-refractivity contribution >= 4 is 35.0 Å². The van der Waals surface area contributed by atoms with Crippen molar-refractivity contribution in [2.45, 2.75) is 19.5 Å². The Morgan fingerprint density at radius 3 is 2.39 bits per heavy atom. The smallest absolute Gasteiger partial charge is 0.411 e. The first-order chi connectivity index (χ1) is 14.7. The minimum atomic E-state index is -3.03. The molecule has 0 aromatic heterocycles. The Hall–Kier alpha value is -3.45. The zero-order valence-corrected chi connectivity index (χ0v) is 17.2. The fourth-order valence-electron chi connectivity index (χ4n) is 2.74. The Labute approximate surface area is 183 Å². The van der Waals surface area contributed by atoms with Crippen LogP contribution < -0.4 is 10.6 Å². The van der Waals surface area contributed by atoms with Gasteiger partial charge in [-0.15, -0.1) is 0 Å². The predicted molar refractivity (Wildman–Crippen MR) is 116 cm³/mol. The third-order valence-electron chi connectivity index (χ3n) is 4.25. The van der Waals surface area contributed by atoms with E-state index in [-0.39, 0.29) is 34.1 Å². The molecule has 0 aliphatic carbocycles. The molecule has 0 atom stereocenters. The number of benzene rings is 3. The topological polar surface area (TPSA) is 67.4 Å². The quantitative estimate of drug-likeness (QED) is 0.459. The molecular weight excluding hydrogens is 426 g/mol. The van der Waals surface area contributed by atoms with Gasteiger partial charge < -0.3 is 10.1 Å². The van der Waals surface area contributed by atoms with E-state index in [1.54, 1.807) is 0 Å². The molecule has 0 heterocycles. The van der Waals surface area contributed by atoms with Crippen LogP contribution in [0.5, 0.6) is 0 Å². The number of carbonyl (C=O) groups is 2. The van der Waals surface area contributed by atoms with Crippen molar-refractivity contribution in [2.75, 3.05) is 10.6 Å². The fraction of sp³-hybridized carbons (Fsp3) is 0.130. The molecule has 2 amide bonds. The van der Waals surface area contributed by atoms with Crippen LogP contribution in [0.2, 0.25) is 5.02 Å². The van der Waals surface area contributed by atoms with Crippen LogP contribution >= 0.6 is 11.6 Å². The van der Waals surface area contributed by atoms with Gasteiger partial charge in [-0.25, -0.2) is 13.6 Å². The highest BCUT2D eigenvalue weighted by atomic mass is 35.5. The van der Waals surface area contributed by atoms with Crippen molar-refractivity contribution in [3.8, 4) is 0 Å². The number of alkyl halides is 2. The van der Waals surface area contributed by atoms with Crippen molar-refractivity contribution in [1.29, 1.82) is 0 Å². The lowest BCUT2D eigenvalue weighted by molar-refractivity contribution is 0.0175. The van der Waals surface area contributed by atoms with Crippen LogP contribution in [-0.4, -0.2) is 12.0 Å². The predicted octanol–water partition coefficient (Wildman–Crippen LogP) is 6.45. The molecule has 3 aromatic carbocycles. The lowest BCUT2D eigenvalue weighted by atomic mass is 10.1. The number of hydrogen-bond acceptors (Lipinski definition) is 3. The van der Waals surface area contributed by atoms with Gasteiger partial charge in [0.15, 0.2) is 0 Å². The number of nitrogens with one attached hydrogen (secondary N) is 2. The second-order valence-corrected chi connectivity index (χ2v) is 7.28. The van der Waals surface area contributed by atoms with E-state index in [1.165, 1.54) is 42.5 Å². The van der Waals surface area contributed by atoms with Gasteiger partial charge in [0.1, 0.15) is 6.61 Å². The summed E-state index contributed by atoms with van der Waals surface area (Å²) in [6, 6.07) is 18.8. The maximum absolute atomic E-state index is 13.5. The zero-order chi connectivity index (χ0) is 22.4. The van der Waals surface area contributed by atoms with Crippen LogP contribution in [0.1, 0.15) is 28.4 Å². The maximum Gasteiger partial charge on any atom is 0.411 e. The van der Waals surface area contributed by atoms with Gasteiger partial charge in [-0.2, -0.15) is 0 Å². The van der Waals surface area contributed by atoms with Gasteiger partial charge in [0.25, 0.3) is 11.8 Å². The molecule has 0 aliphatic heterocycles. The molecule has 0 aliphatic rings. The molecule has 0 saturated carbocycles. The van der Waals surface area contributed by atoms with Crippen LogP contribution in [0, 0.1) is 0 Å². The Bertz CT molecular complexity index is 1090. The number of halogens is 3. The van der Waals surface area contributed by atoms with Gasteiger partial charge in [-0.3, -0.25) is 10.1 Å². The molecule has 0 radical (unpaired) electrons. The van der Waals surface area contributed by atoms with E-state index < -0.39 is 17.9 Å². The van der Waals surface area contributed by atoms with E-state index in [1.807, 2.05) is 30.3 Å². The van der Waals surface area contributed by atoms with Crippen molar-refractivity contribution in [3.05, 3.63) is 94.5 Å². The molecule has 3 rings (SSSR count). The second kappa shape index (κ2) is 9.57. The van der Waals surface area contributed by atoms with Crippen LogP contribution in [0.25, 0.3) is 0 Å². The number of carbonyl (C=O) groups excluding carboxylic acids is 2. The van der Waals surface area contributed by atoms with Crippen LogP contribution in [0.3, 0.4) is 0 Å². The van der Waals surface area contributed by atoms with Crippen molar-refractivity contribution in [1.82, 2.24) is 0 Å². The van der Waals surface area contributed by atoms with Gasteiger partial charge in [-0.05, 0) is 35.9 Å². The number of ether oxygens (including phenoxy) is 1. The molecular formula is C23H19ClF2N2O3. The summed E-state index contributed by atoms with van der Waals surface area (Å²) in [4.78, 5) is 24.6. The average Bonchev–Trinajstić information content (AvgIpc) is 2.72. The van der Waals surface area contributed by atoms with Gasteiger partial charge in [0.05, 0.1) is 0 Å². The highest BCUT2D eigenvalue weighted by Gasteiger charge is 2.24. The number of rotatable bonds is 6. The van der Waals surface area contributed by atoms with E-state index in [0.29, 0.717) is 0 Å². The van der Waals surface area contributed by atoms with Gasteiger partial charge in [0.2, 0.25) is 0 Å². The zero-order valence-electron chi connectivity index (χ0n) is 16.5. The number of hydrogen-bond donors (Lipinski definition) is 2. The summed E-state index contributed by atoms with van der Waals surface area (Å²) in [7, 11) is 0. The molecule has 0 fully saturated rings. The summed E-state index contributed by atoms with van der Waals surface area (Å²) in [5.74, 6) is -3.60. The van der Waals surface area contributed by atoms with E-state index in [4.69, 9.17) is 16.3 Å². The normalized spacial score (nSPS) is 11.0. The first kappa shape index (κ1) is 22.2. The molecule has 0 spiro atoms. The molecule has 31 heavy (non-hydrogen) atoms. The van der Waals surface area contributed by atoms with E-state index in [9.17, 15) is 18.4 Å². The van der Waals surface area contributed by atoms with E-state index in [2.05, 4.69) is 10.6 Å². The minimum absolute atomic E-state index is 0.0823. The monoisotopic (exact) mass is 444 g/mol. The molecule has 0 bridgehead atoms. The summed E-state index contributed by atoms with van der Waals surface area (Å²) in [6.45, 7) is 0.860. The Morgan fingerprint density at radius 2 is 1.68 bits per heavy atom. The molecule has 0 unspecified atom stereocenters. The van der Waals surface area contributed by atoms with E-state index in [0.717, 1.165) is 12.5 Å².